The van der Waals surface area contributed by atoms with Crippen molar-refractivity contribution in [3.8, 4) is 11.4 Å². The van der Waals surface area contributed by atoms with Crippen LogP contribution in [0.2, 0.25) is 0 Å². The van der Waals surface area contributed by atoms with Gasteiger partial charge in [0.05, 0.1) is 11.1 Å². The van der Waals surface area contributed by atoms with E-state index in [0.717, 1.165) is 21.6 Å². The highest BCUT2D eigenvalue weighted by Crippen LogP contribution is 2.31. The highest BCUT2D eigenvalue weighted by Gasteiger charge is 2.17. The highest BCUT2D eigenvalue weighted by atomic mass is 32.1. The third-order valence-corrected chi connectivity index (χ3v) is 5.47. The number of aryl methyl sites for hydroxylation is 2. The maximum absolute atomic E-state index is 5.65. The Kier molecular flexibility index (Phi) is 5.04. The molecule has 0 amide bonds. The minimum Gasteiger partial charge on any atom is -0.373 e. The van der Waals surface area contributed by atoms with Gasteiger partial charge in [-0.2, -0.15) is 4.98 Å². The lowest BCUT2D eigenvalue weighted by Gasteiger charge is -2.04. The number of anilines is 1. The lowest BCUT2D eigenvalue weighted by atomic mass is 10.0. The molecule has 4 rings (SSSR count). The molecule has 0 bridgehead atoms. The van der Waals surface area contributed by atoms with E-state index in [1.807, 2.05) is 30.6 Å². The standard InChI is InChI=1S/C22H20N4OS/c1-14-8-9-16(12-15(14)2)13-18(19-7-5-11-28-19)22-25-21(26-27-22)17-6-4-10-24-20(17)23-3/h4-13H,1-3H3,(H,23,24)/b18-13+. The number of benzene rings is 1. The van der Waals surface area contributed by atoms with Crippen LogP contribution in [0.3, 0.4) is 0 Å². The zero-order chi connectivity index (χ0) is 19.5. The van der Waals surface area contributed by atoms with Crippen molar-refractivity contribution < 1.29 is 4.52 Å². The van der Waals surface area contributed by atoms with E-state index in [0.29, 0.717) is 17.5 Å². The molecular formula is C22H20N4OS. The number of thiophene rings is 1. The van der Waals surface area contributed by atoms with Gasteiger partial charge in [-0.25, -0.2) is 4.98 Å². The zero-order valence-corrected chi connectivity index (χ0v) is 16.7. The van der Waals surface area contributed by atoms with Crippen molar-refractivity contribution in [2.45, 2.75) is 13.8 Å². The van der Waals surface area contributed by atoms with Crippen LogP contribution in [0, 0.1) is 13.8 Å². The Hall–Kier alpha value is -3.25. The molecule has 140 valence electrons. The Morgan fingerprint density at radius 1 is 1.11 bits per heavy atom. The zero-order valence-electron chi connectivity index (χ0n) is 15.9. The van der Waals surface area contributed by atoms with Gasteiger partial charge in [0.1, 0.15) is 5.82 Å². The fourth-order valence-electron chi connectivity index (χ4n) is 2.92. The Morgan fingerprint density at radius 3 is 2.75 bits per heavy atom. The third kappa shape index (κ3) is 3.59. The predicted molar refractivity (Wildman–Crippen MR) is 114 cm³/mol. The maximum Gasteiger partial charge on any atom is 0.259 e. The van der Waals surface area contributed by atoms with Gasteiger partial charge in [-0.1, -0.05) is 29.4 Å². The van der Waals surface area contributed by atoms with Crippen LogP contribution in [0.15, 0.2) is 58.6 Å². The van der Waals surface area contributed by atoms with Gasteiger partial charge in [0, 0.05) is 18.1 Å². The van der Waals surface area contributed by atoms with E-state index in [1.54, 1.807) is 17.5 Å². The van der Waals surface area contributed by atoms with Crippen molar-refractivity contribution in [1.82, 2.24) is 15.1 Å². The number of pyridine rings is 1. The molecule has 0 radical (unpaired) electrons. The SMILES string of the molecule is CNc1ncccc1-c1noc(/C(=C/c2ccc(C)c(C)c2)c2cccs2)n1. The van der Waals surface area contributed by atoms with Crippen molar-refractivity contribution in [2.75, 3.05) is 12.4 Å². The summed E-state index contributed by atoms with van der Waals surface area (Å²) in [5, 5.41) is 9.31. The van der Waals surface area contributed by atoms with Crippen LogP contribution in [0.1, 0.15) is 27.5 Å². The number of hydrogen-bond acceptors (Lipinski definition) is 6. The molecule has 0 aliphatic heterocycles. The van der Waals surface area contributed by atoms with Crippen LogP contribution in [0.25, 0.3) is 23.0 Å². The van der Waals surface area contributed by atoms with E-state index >= 15 is 0 Å². The molecule has 3 aromatic heterocycles. The molecule has 0 atom stereocenters. The average Bonchev–Trinajstić information content (AvgIpc) is 3.41. The van der Waals surface area contributed by atoms with E-state index < -0.39 is 0 Å². The Balaban J connectivity index is 1.79. The monoisotopic (exact) mass is 388 g/mol. The average molecular weight is 388 g/mol. The summed E-state index contributed by atoms with van der Waals surface area (Å²) in [4.78, 5) is 10.1. The molecule has 6 heteroatoms. The Bertz CT molecular complexity index is 1130. The molecule has 0 saturated heterocycles. The van der Waals surface area contributed by atoms with Crippen molar-refractivity contribution in [3.05, 3.63) is 81.5 Å². The number of hydrogen-bond donors (Lipinski definition) is 1. The van der Waals surface area contributed by atoms with Gasteiger partial charge in [-0.15, -0.1) is 11.3 Å². The van der Waals surface area contributed by atoms with Gasteiger partial charge < -0.3 is 9.84 Å². The summed E-state index contributed by atoms with van der Waals surface area (Å²) in [7, 11) is 1.82. The molecule has 0 saturated carbocycles. The topological polar surface area (TPSA) is 63.8 Å². The lowest BCUT2D eigenvalue weighted by Crippen LogP contribution is -1.95. The van der Waals surface area contributed by atoms with Crippen LogP contribution < -0.4 is 5.32 Å². The van der Waals surface area contributed by atoms with Crippen LogP contribution in [0.5, 0.6) is 0 Å². The quantitative estimate of drug-likeness (QED) is 0.493. The summed E-state index contributed by atoms with van der Waals surface area (Å²) in [6, 6.07) is 14.3. The van der Waals surface area contributed by atoms with E-state index in [4.69, 9.17) is 4.52 Å². The van der Waals surface area contributed by atoms with Crippen molar-refractivity contribution in [3.63, 3.8) is 0 Å². The normalized spacial score (nSPS) is 11.6. The van der Waals surface area contributed by atoms with Crippen LogP contribution >= 0.6 is 11.3 Å². The number of nitrogens with zero attached hydrogens (tertiary/aromatic N) is 3. The smallest absolute Gasteiger partial charge is 0.259 e. The lowest BCUT2D eigenvalue weighted by molar-refractivity contribution is 0.409. The molecule has 1 aromatic carbocycles. The molecule has 0 unspecified atom stereocenters. The molecule has 0 aliphatic rings. The van der Waals surface area contributed by atoms with Gasteiger partial charge in [0.25, 0.3) is 5.89 Å². The van der Waals surface area contributed by atoms with Gasteiger partial charge in [-0.05, 0) is 60.2 Å². The van der Waals surface area contributed by atoms with E-state index in [2.05, 4.69) is 64.6 Å². The summed E-state index contributed by atoms with van der Waals surface area (Å²) in [6.45, 7) is 4.23. The first-order chi connectivity index (χ1) is 13.7. The van der Waals surface area contributed by atoms with Gasteiger partial charge in [0.2, 0.25) is 5.82 Å². The van der Waals surface area contributed by atoms with E-state index in [-0.39, 0.29) is 0 Å². The molecule has 5 nitrogen and oxygen atoms in total. The second kappa shape index (κ2) is 7.78. The molecule has 3 heterocycles. The molecule has 28 heavy (non-hydrogen) atoms. The summed E-state index contributed by atoms with van der Waals surface area (Å²) < 4.78 is 5.65. The van der Waals surface area contributed by atoms with Gasteiger partial charge in [-0.3, -0.25) is 0 Å². The summed E-state index contributed by atoms with van der Waals surface area (Å²) in [6.07, 6.45) is 3.82. The molecule has 0 fully saturated rings. The Labute approximate surface area is 167 Å². The number of rotatable bonds is 5. The van der Waals surface area contributed by atoms with Gasteiger partial charge >= 0.3 is 0 Å². The second-order valence-corrected chi connectivity index (χ2v) is 7.40. The largest absolute Gasteiger partial charge is 0.373 e. The van der Waals surface area contributed by atoms with Gasteiger partial charge in [0.15, 0.2) is 0 Å². The Morgan fingerprint density at radius 2 is 2.00 bits per heavy atom. The molecule has 0 aliphatic carbocycles. The van der Waals surface area contributed by atoms with Crippen LogP contribution in [0.4, 0.5) is 5.82 Å². The first kappa shape index (κ1) is 18.1. The summed E-state index contributed by atoms with van der Waals surface area (Å²) in [5.74, 6) is 1.71. The second-order valence-electron chi connectivity index (χ2n) is 6.45. The van der Waals surface area contributed by atoms with Crippen LogP contribution in [-0.2, 0) is 0 Å². The number of aromatic nitrogens is 3. The maximum atomic E-state index is 5.65. The minimum atomic E-state index is 0.488. The molecule has 4 aromatic rings. The first-order valence-corrected chi connectivity index (χ1v) is 9.83. The number of nitrogens with one attached hydrogen (secondary N) is 1. The first-order valence-electron chi connectivity index (χ1n) is 8.96. The fraction of sp³-hybridized carbons (Fsp3) is 0.136. The van der Waals surface area contributed by atoms with Crippen molar-refractivity contribution in [1.29, 1.82) is 0 Å². The summed E-state index contributed by atoms with van der Waals surface area (Å²) >= 11 is 1.64. The highest BCUT2D eigenvalue weighted by molar-refractivity contribution is 7.11. The van der Waals surface area contributed by atoms with Crippen molar-refractivity contribution >= 4 is 28.8 Å². The summed E-state index contributed by atoms with van der Waals surface area (Å²) in [5.41, 5.74) is 5.33. The van der Waals surface area contributed by atoms with E-state index in [9.17, 15) is 0 Å². The fourth-order valence-corrected chi connectivity index (χ4v) is 3.65. The molecule has 0 spiro atoms. The predicted octanol–water partition coefficient (Wildman–Crippen LogP) is 5.44. The van der Waals surface area contributed by atoms with E-state index in [1.165, 1.54) is 11.1 Å². The molecule has 1 N–H and O–H groups in total. The van der Waals surface area contributed by atoms with Crippen LogP contribution in [-0.4, -0.2) is 22.2 Å². The third-order valence-electron chi connectivity index (χ3n) is 4.57. The van der Waals surface area contributed by atoms with Crippen molar-refractivity contribution in [2.24, 2.45) is 0 Å². The minimum absolute atomic E-state index is 0.488. The molecular weight excluding hydrogens is 368 g/mol.